The van der Waals surface area contributed by atoms with Crippen LogP contribution in [0, 0.1) is 0 Å². The van der Waals surface area contributed by atoms with Crippen molar-refractivity contribution in [3.05, 3.63) is 5.82 Å². The number of rotatable bonds is 6. The Bertz CT molecular complexity index is 413. The van der Waals surface area contributed by atoms with E-state index in [4.69, 9.17) is 5.11 Å². The van der Waals surface area contributed by atoms with Gasteiger partial charge in [-0.25, -0.2) is 4.98 Å². The van der Waals surface area contributed by atoms with Crippen LogP contribution >= 0.6 is 11.5 Å². The third kappa shape index (κ3) is 3.19. The van der Waals surface area contributed by atoms with Crippen molar-refractivity contribution in [3.63, 3.8) is 0 Å². The highest BCUT2D eigenvalue weighted by Crippen LogP contribution is 2.36. The first kappa shape index (κ1) is 13.3. The van der Waals surface area contributed by atoms with Gasteiger partial charge in [0.15, 0.2) is 0 Å². The number of nitrogens with zero attached hydrogens (tertiary/aromatic N) is 2. The fourth-order valence-electron chi connectivity index (χ4n) is 2.54. The monoisotopic (exact) mass is 269 g/mol. The van der Waals surface area contributed by atoms with Gasteiger partial charge >= 0.3 is 5.97 Å². The van der Waals surface area contributed by atoms with E-state index < -0.39 is 5.97 Å². The molecule has 2 N–H and O–H groups in total. The quantitative estimate of drug-likeness (QED) is 0.830. The zero-order valence-corrected chi connectivity index (χ0v) is 11.4. The Balaban J connectivity index is 2.05. The van der Waals surface area contributed by atoms with E-state index in [0.717, 1.165) is 49.5 Å². The van der Waals surface area contributed by atoms with Gasteiger partial charge < -0.3 is 10.4 Å². The molecule has 1 aliphatic carbocycles. The molecule has 0 bridgehead atoms. The minimum atomic E-state index is -0.748. The number of carboxylic acids is 1. The Morgan fingerprint density at radius 3 is 2.83 bits per heavy atom. The summed E-state index contributed by atoms with van der Waals surface area (Å²) in [6.45, 7) is 2.09. The summed E-state index contributed by atoms with van der Waals surface area (Å²) in [7, 11) is 0. The van der Waals surface area contributed by atoms with Crippen molar-refractivity contribution >= 4 is 22.6 Å². The number of anilines is 1. The van der Waals surface area contributed by atoms with Gasteiger partial charge in [-0.15, -0.1) is 0 Å². The molecule has 0 saturated heterocycles. The van der Waals surface area contributed by atoms with E-state index in [-0.39, 0.29) is 12.0 Å². The molecule has 5 nitrogen and oxygen atoms in total. The summed E-state index contributed by atoms with van der Waals surface area (Å²) >= 11 is 1.34. The van der Waals surface area contributed by atoms with Crippen LogP contribution < -0.4 is 5.32 Å². The third-order valence-electron chi connectivity index (χ3n) is 3.36. The number of nitrogens with one attached hydrogen (secondary N) is 1. The second-order valence-corrected chi connectivity index (χ2v) is 5.70. The van der Waals surface area contributed by atoms with Crippen molar-refractivity contribution < 1.29 is 9.90 Å². The number of carbonyl (C=O) groups is 1. The average molecular weight is 269 g/mol. The number of aliphatic carboxylic acids is 1. The van der Waals surface area contributed by atoms with Gasteiger partial charge in [0.25, 0.3) is 0 Å². The third-order valence-corrected chi connectivity index (χ3v) is 4.03. The highest BCUT2D eigenvalue weighted by Gasteiger charge is 2.36. The van der Waals surface area contributed by atoms with E-state index in [2.05, 4.69) is 21.6 Å². The zero-order chi connectivity index (χ0) is 13.0. The van der Waals surface area contributed by atoms with Crippen LogP contribution in [0.5, 0.6) is 0 Å². The largest absolute Gasteiger partial charge is 0.481 e. The van der Waals surface area contributed by atoms with Crippen molar-refractivity contribution in [2.45, 2.75) is 57.4 Å². The average Bonchev–Trinajstić information content (AvgIpc) is 2.89. The molecule has 1 aromatic rings. The topological polar surface area (TPSA) is 75.1 Å². The van der Waals surface area contributed by atoms with Crippen molar-refractivity contribution in [1.29, 1.82) is 0 Å². The van der Waals surface area contributed by atoms with Crippen LogP contribution in [-0.2, 0) is 11.2 Å². The van der Waals surface area contributed by atoms with E-state index in [1.54, 1.807) is 0 Å². The van der Waals surface area contributed by atoms with Gasteiger partial charge in [-0.2, -0.15) is 4.37 Å². The first-order valence-corrected chi connectivity index (χ1v) is 7.23. The lowest BCUT2D eigenvalue weighted by molar-refractivity contribution is -0.138. The second-order valence-electron chi connectivity index (χ2n) is 4.95. The van der Waals surface area contributed by atoms with Gasteiger partial charge in [0.1, 0.15) is 5.82 Å². The molecule has 1 aromatic heterocycles. The molecule has 6 heteroatoms. The van der Waals surface area contributed by atoms with Crippen LogP contribution in [0.4, 0.5) is 5.13 Å². The summed E-state index contributed by atoms with van der Waals surface area (Å²) < 4.78 is 4.28. The maximum absolute atomic E-state index is 11.0. The number of carboxylic acid groups (broad SMARTS) is 1. The predicted molar refractivity (Wildman–Crippen MR) is 71.0 cm³/mol. The molecule has 100 valence electrons. The van der Waals surface area contributed by atoms with Gasteiger partial charge in [0, 0.05) is 18.0 Å². The van der Waals surface area contributed by atoms with Crippen molar-refractivity contribution in [2.75, 3.05) is 5.32 Å². The molecule has 1 heterocycles. The van der Waals surface area contributed by atoms with Crippen molar-refractivity contribution in [3.8, 4) is 0 Å². The van der Waals surface area contributed by atoms with E-state index in [0.29, 0.717) is 0 Å². The van der Waals surface area contributed by atoms with Gasteiger partial charge in [-0.1, -0.05) is 19.8 Å². The number of aromatic nitrogens is 2. The van der Waals surface area contributed by atoms with Crippen LogP contribution in [0.2, 0.25) is 0 Å². The summed E-state index contributed by atoms with van der Waals surface area (Å²) in [6.07, 6.45) is 6.04. The van der Waals surface area contributed by atoms with Crippen molar-refractivity contribution in [1.82, 2.24) is 9.36 Å². The Morgan fingerprint density at radius 2 is 2.22 bits per heavy atom. The first-order valence-electron chi connectivity index (χ1n) is 6.46. The summed E-state index contributed by atoms with van der Waals surface area (Å²) in [4.78, 5) is 15.4. The van der Waals surface area contributed by atoms with Gasteiger partial charge in [-0.3, -0.25) is 4.79 Å². The molecular weight excluding hydrogens is 250 g/mol. The van der Waals surface area contributed by atoms with E-state index >= 15 is 0 Å². The minimum Gasteiger partial charge on any atom is -0.481 e. The summed E-state index contributed by atoms with van der Waals surface area (Å²) in [5.74, 6) is 0.108. The summed E-state index contributed by atoms with van der Waals surface area (Å²) in [5, 5.41) is 13.1. The number of aryl methyl sites for hydroxylation is 1. The van der Waals surface area contributed by atoms with Gasteiger partial charge in [0.05, 0.1) is 12.0 Å². The maximum Gasteiger partial charge on any atom is 0.305 e. The summed E-state index contributed by atoms with van der Waals surface area (Å²) in [6, 6.07) is 0. The number of hydrogen-bond donors (Lipinski definition) is 2. The molecule has 0 aliphatic heterocycles. The Labute approximate surface area is 111 Å². The summed E-state index contributed by atoms with van der Waals surface area (Å²) in [5.41, 5.74) is -0.311. The lowest BCUT2D eigenvalue weighted by Crippen LogP contribution is -2.37. The van der Waals surface area contributed by atoms with Crippen LogP contribution in [0.25, 0.3) is 0 Å². The van der Waals surface area contributed by atoms with E-state index in [9.17, 15) is 4.79 Å². The molecule has 0 spiro atoms. The highest BCUT2D eigenvalue weighted by atomic mass is 32.1. The normalized spacial score (nSPS) is 17.8. The molecular formula is C12H19N3O2S. The predicted octanol–water partition coefficient (Wildman–Crippen LogP) is 2.69. The standard InChI is InChI=1S/C12H19N3O2S/c1-2-5-9-13-11(18-15-9)14-12(8-10(16)17)6-3-4-7-12/h2-8H2,1H3,(H,16,17)(H,13,14,15). The molecule has 2 rings (SSSR count). The molecule has 0 aromatic carbocycles. The molecule has 0 radical (unpaired) electrons. The van der Waals surface area contributed by atoms with Crippen molar-refractivity contribution in [2.24, 2.45) is 0 Å². The molecule has 1 aliphatic rings. The van der Waals surface area contributed by atoms with Crippen LogP contribution in [0.15, 0.2) is 0 Å². The molecule has 0 amide bonds. The fourth-order valence-corrected chi connectivity index (χ4v) is 3.28. The lowest BCUT2D eigenvalue weighted by atomic mass is 9.93. The van der Waals surface area contributed by atoms with E-state index in [1.807, 2.05) is 0 Å². The zero-order valence-electron chi connectivity index (χ0n) is 10.6. The molecule has 0 unspecified atom stereocenters. The van der Waals surface area contributed by atoms with Gasteiger partial charge in [-0.05, 0) is 19.3 Å². The Kier molecular flexibility index (Phi) is 4.16. The first-order chi connectivity index (χ1) is 8.63. The molecule has 0 atom stereocenters. The van der Waals surface area contributed by atoms with E-state index in [1.165, 1.54) is 11.5 Å². The van der Waals surface area contributed by atoms with Crippen LogP contribution in [-0.4, -0.2) is 26.0 Å². The Morgan fingerprint density at radius 1 is 1.50 bits per heavy atom. The molecule has 1 fully saturated rings. The Hall–Kier alpha value is -1.17. The lowest BCUT2D eigenvalue weighted by Gasteiger charge is -2.28. The molecule has 18 heavy (non-hydrogen) atoms. The smallest absolute Gasteiger partial charge is 0.305 e. The van der Waals surface area contributed by atoms with Gasteiger partial charge in [0.2, 0.25) is 5.13 Å². The maximum atomic E-state index is 11.0. The number of hydrogen-bond acceptors (Lipinski definition) is 5. The van der Waals surface area contributed by atoms with Crippen LogP contribution in [0.1, 0.15) is 51.3 Å². The second kappa shape index (κ2) is 5.65. The molecule has 1 saturated carbocycles. The fraction of sp³-hybridized carbons (Fsp3) is 0.750. The highest BCUT2D eigenvalue weighted by molar-refractivity contribution is 7.09. The minimum absolute atomic E-state index is 0.162. The van der Waals surface area contributed by atoms with Crippen LogP contribution in [0.3, 0.4) is 0 Å². The SMILES string of the molecule is CCCc1nsc(NC2(CC(=O)O)CCCC2)n1.